The second-order valence-corrected chi connectivity index (χ2v) is 6.30. The van der Waals surface area contributed by atoms with Gasteiger partial charge in [0, 0.05) is 25.9 Å². The fourth-order valence-electron chi connectivity index (χ4n) is 2.96. The summed E-state index contributed by atoms with van der Waals surface area (Å²) in [7, 11) is 0. The lowest BCUT2D eigenvalue weighted by Gasteiger charge is -2.36. The number of aromatic nitrogens is 3. The van der Waals surface area contributed by atoms with E-state index in [4.69, 9.17) is 4.74 Å². The maximum absolute atomic E-state index is 12.8. The summed E-state index contributed by atoms with van der Waals surface area (Å²) in [5, 5.41) is 19.8. The highest BCUT2D eigenvalue weighted by Gasteiger charge is 2.32. The van der Waals surface area contributed by atoms with Crippen LogP contribution in [0.5, 0.6) is 0 Å². The maximum Gasteiger partial charge on any atom is 0.271 e. The number of carbonyl (C=O) groups excluding carboxylic acids is 2. The van der Waals surface area contributed by atoms with Crippen molar-refractivity contribution >= 4 is 11.8 Å². The van der Waals surface area contributed by atoms with Crippen LogP contribution in [0.3, 0.4) is 0 Å². The SMILES string of the molecule is CCOCC(=O)N[C@@H]1CN(C(=O)c2cc(-c3ccccn3)n[nH]2)CC[C@H]1O. The molecule has 0 saturated carbocycles. The van der Waals surface area contributed by atoms with Crippen molar-refractivity contribution in [2.75, 3.05) is 26.3 Å². The maximum atomic E-state index is 12.8. The molecule has 2 atom stereocenters. The molecule has 0 aromatic carbocycles. The summed E-state index contributed by atoms with van der Waals surface area (Å²) in [6.07, 6.45) is 1.34. The van der Waals surface area contributed by atoms with Crippen LogP contribution < -0.4 is 5.32 Å². The molecule has 0 radical (unpaired) electrons. The third-order valence-electron chi connectivity index (χ3n) is 4.38. The van der Waals surface area contributed by atoms with Gasteiger partial charge in [-0.15, -0.1) is 0 Å². The van der Waals surface area contributed by atoms with Gasteiger partial charge in [0.15, 0.2) is 0 Å². The Labute approximate surface area is 156 Å². The number of H-pyrrole nitrogens is 1. The number of carbonyl (C=O) groups is 2. The summed E-state index contributed by atoms with van der Waals surface area (Å²) >= 11 is 0. The number of pyridine rings is 1. The van der Waals surface area contributed by atoms with Crippen LogP contribution in [-0.4, -0.2) is 75.5 Å². The monoisotopic (exact) mass is 373 g/mol. The highest BCUT2D eigenvalue weighted by atomic mass is 16.5. The van der Waals surface area contributed by atoms with Crippen molar-refractivity contribution in [3.05, 3.63) is 36.2 Å². The zero-order chi connectivity index (χ0) is 19.2. The predicted octanol–water partition coefficient (Wildman–Crippen LogP) is 0.200. The van der Waals surface area contributed by atoms with E-state index < -0.39 is 12.1 Å². The Balaban J connectivity index is 1.64. The number of ether oxygens (including phenoxy) is 1. The van der Waals surface area contributed by atoms with Gasteiger partial charge in [0.2, 0.25) is 5.91 Å². The molecule has 2 aromatic heterocycles. The predicted molar refractivity (Wildman–Crippen MR) is 96.8 cm³/mol. The summed E-state index contributed by atoms with van der Waals surface area (Å²) in [6.45, 7) is 2.78. The fourth-order valence-corrected chi connectivity index (χ4v) is 2.96. The second kappa shape index (κ2) is 8.74. The van der Waals surface area contributed by atoms with Crippen molar-refractivity contribution in [1.29, 1.82) is 0 Å². The van der Waals surface area contributed by atoms with Crippen LogP contribution in [-0.2, 0) is 9.53 Å². The van der Waals surface area contributed by atoms with Crippen LogP contribution in [0.4, 0.5) is 0 Å². The third kappa shape index (κ3) is 4.69. The van der Waals surface area contributed by atoms with E-state index in [1.807, 2.05) is 12.1 Å². The lowest BCUT2D eigenvalue weighted by atomic mass is 10.0. The van der Waals surface area contributed by atoms with E-state index in [1.165, 1.54) is 0 Å². The van der Waals surface area contributed by atoms with Gasteiger partial charge >= 0.3 is 0 Å². The number of rotatable bonds is 6. The molecule has 3 rings (SSSR count). The first kappa shape index (κ1) is 19.0. The molecule has 0 bridgehead atoms. The summed E-state index contributed by atoms with van der Waals surface area (Å²) in [4.78, 5) is 30.4. The zero-order valence-corrected chi connectivity index (χ0v) is 15.1. The lowest BCUT2D eigenvalue weighted by molar-refractivity contribution is -0.127. The number of nitrogens with zero attached hydrogens (tertiary/aromatic N) is 3. The minimum atomic E-state index is -0.703. The van der Waals surface area contributed by atoms with Crippen molar-refractivity contribution in [2.45, 2.75) is 25.5 Å². The average molecular weight is 373 g/mol. The van der Waals surface area contributed by atoms with Crippen molar-refractivity contribution in [2.24, 2.45) is 0 Å². The molecule has 144 valence electrons. The van der Waals surface area contributed by atoms with Gasteiger partial charge in [-0.1, -0.05) is 6.07 Å². The Hall–Kier alpha value is -2.78. The number of aromatic amines is 1. The van der Waals surface area contributed by atoms with Crippen molar-refractivity contribution in [3.8, 4) is 11.4 Å². The number of hydrogen-bond donors (Lipinski definition) is 3. The Morgan fingerprint density at radius 2 is 2.26 bits per heavy atom. The second-order valence-electron chi connectivity index (χ2n) is 6.30. The molecule has 1 fully saturated rings. The summed E-state index contributed by atoms with van der Waals surface area (Å²) in [5.74, 6) is -0.546. The van der Waals surface area contributed by atoms with Crippen LogP contribution in [0.2, 0.25) is 0 Å². The van der Waals surface area contributed by atoms with Crippen molar-refractivity contribution in [1.82, 2.24) is 25.4 Å². The van der Waals surface area contributed by atoms with E-state index in [-0.39, 0.29) is 25.0 Å². The molecule has 2 amide bonds. The average Bonchev–Trinajstić information content (AvgIpc) is 3.18. The summed E-state index contributed by atoms with van der Waals surface area (Å²) < 4.78 is 5.07. The molecule has 0 unspecified atom stereocenters. The van der Waals surface area contributed by atoms with Crippen LogP contribution in [0, 0.1) is 0 Å². The first-order valence-corrected chi connectivity index (χ1v) is 8.89. The number of nitrogens with one attached hydrogen (secondary N) is 2. The van der Waals surface area contributed by atoms with E-state index >= 15 is 0 Å². The van der Waals surface area contributed by atoms with Crippen LogP contribution in [0.25, 0.3) is 11.4 Å². The van der Waals surface area contributed by atoms with E-state index in [2.05, 4.69) is 20.5 Å². The Bertz CT molecular complexity index is 779. The molecule has 9 heteroatoms. The highest BCUT2D eigenvalue weighted by Crippen LogP contribution is 2.18. The molecule has 1 saturated heterocycles. The van der Waals surface area contributed by atoms with Crippen LogP contribution in [0.1, 0.15) is 23.8 Å². The Morgan fingerprint density at radius 3 is 3.00 bits per heavy atom. The van der Waals surface area contributed by atoms with Gasteiger partial charge in [-0.25, -0.2) is 0 Å². The standard InChI is InChI=1S/C18H23N5O4/c1-2-27-11-17(25)20-15-10-23(8-6-16(15)24)18(26)14-9-13(21-22-14)12-5-3-4-7-19-12/h3-5,7,9,15-16,24H,2,6,8,10-11H2,1H3,(H,20,25)(H,21,22)/t15-,16-/m1/s1. The molecular weight excluding hydrogens is 350 g/mol. The molecule has 27 heavy (non-hydrogen) atoms. The largest absolute Gasteiger partial charge is 0.391 e. The summed E-state index contributed by atoms with van der Waals surface area (Å²) in [6, 6.07) is 6.58. The number of amides is 2. The van der Waals surface area contributed by atoms with E-state index in [0.29, 0.717) is 36.7 Å². The number of aliphatic hydroxyl groups excluding tert-OH is 1. The molecule has 1 aliphatic heterocycles. The summed E-state index contributed by atoms with van der Waals surface area (Å²) in [5.41, 5.74) is 1.59. The van der Waals surface area contributed by atoms with Crippen LogP contribution in [0.15, 0.2) is 30.5 Å². The van der Waals surface area contributed by atoms with Gasteiger partial charge < -0.3 is 20.1 Å². The normalized spacial score (nSPS) is 19.7. The third-order valence-corrected chi connectivity index (χ3v) is 4.38. The quantitative estimate of drug-likeness (QED) is 0.665. The molecule has 3 N–H and O–H groups in total. The van der Waals surface area contributed by atoms with Gasteiger partial charge in [-0.05, 0) is 31.5 Å². The molecule has 3 heterocycles. The molecule has 1 aliphatic rings. The topological polar surface area (TPSA) is 120 Å². The number of hydrogen-bond acceptors (Lipinski definition) is 6. The van der Waals surface area contributed by atoms with Gasteiger partial charge in [0.25, 0.3) is 5.91 Å². The van der Waals surface area contributed by atoms with Gasteiger partial charge in [0.1, 0.15) is 18.0 Å². The van der Waals surface area contributed by atoms with Crippen molar-refractivity contribution < 1.29 is 19.4 Å². The number of aliphatic hydroxyl groups is 1. The Kier molecular flexibility index (Phi) is 6.15. The van der Waals surface area contributed by atoms with E-state index in [0.717, 1.165) is 0 Å². The zero-order valence-electron chi connectivity index (χ0n) is 15.1. The molecule has 0 spiro atoms. The van der Waals surface area contributed by atoms with E-state index in [9.17, 15) is 14.7 Å². The fraction of sp³-hybridized carbons (Fsp3) is 0.444. The molecule has 2 aromatic rings. The number of likely N-dealkylation sites (tertiary alicyclic amines) is 1. The van der Waals surface area contributed by atoms with Crippen molar-refractivity contribution in [3.63, 3.8) is 0 Å². The first-order chi connectivity index (χ1) is 13.1. The molecule has 9 nitrogen and oxygen atoms in total. The Morgan fingerprint density at radius 1 is 1.41 bits per heavy atom. The molecule has 0 aliphatic carbocycles. The molecular formula is C18H23N5O4. The minimum absolute atomic E-state index is 0.0678. The van der Waals surface area contributed by atoms with Gasteiger partial charge in [-0.3, -0.25) is 19.7 Å². The van der Waals surface area contributed by atoms with Gasteiger partial charge in [-0.2, -0.15) is 5.10 Å². The minimum Gasteiger partial charge on any atom is -0.391 e. The van der Waals surface area contributed by atoms with Crippen LogP contribution >= 0.6 is 0 Å². The first-order valence-electron chi connectivity index (χ1n) is 8.89. The van der Waals surface area contributed by atoms with Gasteiger partial charge in [0.05, 0.1) is 17.8 Å². The lowest BCUT2D eigenvalue weighted by Crippen LogP contribution is -2.57. The smallest absolute Gasteiger partial charge is 0.271 e. The number of piperidine rings is 1. The highest BCUT2D eigenvalue weighted by molar-refractivity contribution is 5.93. The van der Waals surface area contributed by atoms with E-state index in [1.54, 1.807) is 30.2 Å².